The van der Waals surface area contributed by atoms with E-state index in [4.69, 9.17) is 29.2 Å². The molecule has 12 heteroatoms. The molecule has 2 unspecified atom stereocenters. The predicted octanol–water partition coefficient (Wildman–Crippen LogP) is 3.59. The van der Waals surface area contributed by atoms with Gasteiger partial charge >= 0.3 is 12.1 Å². The Kier molecular flexibility index (Phi) is 7.53. The minimum atomic E-state index is -4.54. The van der Waals surface area contributed by atoms with Gasteiger partial charge in [0.15, 0.2) is 5.82 Å². The number of hydrogen-bond donors (Lipinski definition) is 0. The van der Waals surface area contributed by atoms with Crippen LogP contribution in [-0.4, -0.2) is 80.9 Å². The van der Waals surface area contributed by atoms with Crippen molar-refractivity contribution in [2.24, 2.45) is 10.9 Å². The minimum absolute atomic E-state index is 0.133. The van der Waals surface area contributed by atoms with Crippen molar-refractivity contribution < 1.29 is 32.2 Å². The van der Waals surface area contributed by atoms with E-state index in [1.54, 1.807) is 19.9 Å². The van der Waals surface area contributed by atoms with E-state index in [1.165, 1.54) is 6.07 Å². The highest BCUT2D eigenvalue weighted by atomic mass is 19.4. The molecule has 9 nitrogen and oxygen atoms in total. The molecule has 1 aromatic carbocycles. The second-order valence-electron chi connectivity index (χ2n) is 9.37. The minimum Gasteiger partial charge on any atom is -0.465 e. The molecule has 0 saturated carbocycles. The Hall–Kier alpha value is -3.25. The first kappa shape index (κ1) is 26.4. The Morgan fingerprint density at radius 2 is 1.71 bits per heavy atom. The lowest BCUT2D eigenvalue weighted by atomic mass is 9.76. The highest BCUT2D eigenvalue weighted by Gasteiger charge is 2.43. The van der Waals surface area contributed by atoms with Crippen LogP contribution in [0.25, 0.3) is 0 Å². The molecular formula is C26H30F3N5O4. The van der Waals surface area contributed by atoms with Gasteiger partial charge in [-0.1, -0.05) is 18.2 Å². The molecule has 0 bridgehead atoms. The molecule has 2 atom stereocenters. The Balaban J connectivity index is 1.73. The summed E-state index contributed by atoms with van der Waals surface area (Å²) >= 11 is 0. The van der Waals surface area contributed by atoms with Gasteiger partial charge < -0.3 is 24.0 Å². The number of rotatable bonds is 5. The van der Waals surface area contributed by atoms with Gasteiger partial charge in [-0.2, -0.15) is 23.1 Å². The molecule has 204 valence electrons. The largest absolute Gasteiger partial charge is 0.465 e. The van der Waals surface area contributed by atoms with E-state index in [0.717, 1.165) is 12.1 Å². The van der Waals surface area contributed by atoms with E-state index in [9.17, 15) is 18.0 Å². The smallest absolute Gasteiger partial charge is 0.416 e. The van der Waals surface area contributed by atoms with Gasteiger partial charge in [-0.3, -0.25) is 4.79 Å². The third kappa shape index (κ3) is 5.19. The summed E-state index contributed by atoms with van der Waals surface area (Å²) in [5, 5.41) is 0. The number of anilines is 2. The van der Waals surface area contributed by atoms with Crippen LogP contribution >= 0.6 is 0 Å². The van der Waals surface area contributed by atoms with Crippen LogP contribution in [0.3, 0.4) is 0 Å². The normalized spacial score (nSPS) is 22.1. The van der Waals surface area contributed by atoms with Crippen LogP contribution < -0.4 is 9.80 Å². The molecule has 0 amide bonds. The molecule has 2 saturated heterocycles. The maximum atomic E-state index is 13.7. The molecule has 0 N–H and O–H groups in total. The van der Waals surface area contributed by atoms with Gasteiger partial charge in [-0.15, -0.1) is 0 Å². The van der Waals surface area contributed by atoms with Crippen LogP contribution in [0.5, 0.6) is 0 Å². The van der Waals surface area contributed by atoms with Crippen molar-refractivity contribution in [3.05, 3.63) is 41.0 Å². The van der Waals surface area contributed by atoms with Crippen LogP contribution in [0.2, 0.25) is 0 Å². The molecule has 38 heavy (non-hydrogen) atoms. The van der Waals surface area contributed by atoms with Crippen LogP contribution in [0, 0.1) is 5.92 Å². The number of benzene rings is 1. The van der Waals surface area contributed by atoms with Gasteiger partial charge in [0.25, 0.3) is 0 Å². The lowest BCUT2D eigenvalue weighted by Crippen LogP contribution is -2.41. The number of halogens is 3. The van der Waals surface area contributed by atoms with Gasteiger partial charge in [-0.05, 0) is 25.5 Å². The number of carbonyl (C=O) groups is 1. The zero-order valence-corrected chi connectivity index (χ0v) is 21.3. The van der Waals surface area contributed by atoms with Gasteiger partial charge in [0, 0.05) is 43.4 Å². The van der Waals surface area contributed by atoms with Crippen LogP contribution in [0.1, 0.15) is 36.5 Å². The average molecular weight is 534 g/mol. The molecule has 5 rings (SSSR count). The molecule has 0 aliphatic carbocycles. The Morgan fingerprint density at radius 3 is 2.34 bits per heavy atom. The number of carbonyl (C=O) groups excluding carboxylic acids is 1. The van der Waals surface area contributed by atoms with Crippen molar-refractivity contribution in [3.8, 4) is 0 Å². The van der Waals surface area contributed by atoms with Crippen molar-refractivity contribution in [1.29, 1.82) is 0 Å². The summed E-state index contributed by atoms with van der Waals surface area (Å²) in [5.41, 5.74) is 0.480. The molecular weight excluding hydrogens is 503 g/mol. The van der Waals surface area contributed by atoms with E-state index in [2.05, 4.69) is 0 Å². The van der Waals surface area contributed by atoms with E-state index in [-0.39, 0.29) is 6.61 Å². The third-order valence-electron chi connectivity index (χ3n) is 6.99. The lowest BCUT2D eigenvalue weighted by molar-refractivity contribution is -0.146. The molecule has 0 radical (unpaired) electrons. The molecule has 4 heterocycles. The number of alkyl halides is 3. The summed E-state index contributed by atoms with van der Waals surface area (Å²) in [5.74, 6) is -0.922. The van der Waals surface area contributed by atoms with Crippen molar-refractivity contribution >= 4 is 29.3 Å². The monoisotopic (exact) mass is 533 g/mol. The Bertz CT molecular complexity index is 1210. The zero-order chi connectivity index (χ0) is 26.9. The summed E-state index contributed by atoms with van der Waals surface area (Å²) in [6.45, 7) is 7.82. The lowest BCUT2D eigenvalue weighted by Gasteiger charge is -2.37. The number of aliphatic imine (C=N–C) groups is 1. The second-order valence-corrected chi connectivity index (χ2v) is 9.37. The number of hydrogen-bond acceptors (Lipinski definition) is 9. The molecule has 2 fully saturated rings. The molecule has 3 aliphatic heterocycles. The summed E-state index contributed by atoms with van der Waals surface area (Å²) in [6.07, 6.45) is -4.54. The topological polar surface area (TPSA) is 89.4 Å². The van der Waals surface area contributed by atoms with Crippen molar-refractivity contribution in [2.75, 3.05) is 69.0 Å². The highest BCUT2D eigenvalue weighted by Crippen LogP contribution is 2.47. The zero-order valence-electron chi connectivity index (χ0n) is 21.3. The van der Waals surface area contributed by atoms with Gasteiger partial charge in [-0.25, -0.2) is 4.99 Å². The van der Waals surface area contributed by atoms with Gasteiger partial charge in [0.1, 0.15) is 11.7 Å². The first-order valence-electron chi connectivity index (χ1n) is 12.7. The van der Waals surface area contributed by atoms with Crippen molar-refractivity contribution in [2.45, 2.75) is 25.9 Å². The highest BCUT2D eigenvalue weighted by molar-refractivity contribution is 6.05. The first-order valence-corrected chi connectivity index (χ1v) is 12.7. The van der Waals surface area contributed by atoms with Crippen LogP contribution in [-0.2, 0) is 25.2 Å². The number of esters is 1. The standard InChI is InChI=1S/C26H30F3N5O4/c1-3-38-24(35)19-16(2)30-22-21(20(19)17-5-4-6-18(15-17)26(27,28)29)23(33-7-11-36-12-8-33)32-25(31-22)34-9-13-37-14-10-34/h4-6,15,19-20H,3,7-14H2,1-2H3. The quantitative estimate of drug-likeness (QED) is 0.539. The van der Waals surface area contributed by atoms with Gasteiger partial charge in [0.2, 0.25) is 5.95 Å². The second kappa shape index (κ2) is 10.9. The van der Waals surface area contributed by atoms with E-state index in [0.29, 0.717) is 87.0 Å². The van der Waals surface area contributed by atoms with Gasteiger partial charge in [0.05, 0.1) is 38.6 Å². The van der Waals surface area contributed by atoms with E-state index < -0.39 is 29.5 Å². The van der Waals surface area contributed by atoms with Crippen molar-refractivity contribution in [1.82, 2.24) is 9.97 Å². The number of ether oxygens (including phenoxy) is 3. The molecule has 3 aliphatic rings. The number of morpholine rings is 2. The summed E-state index contributed by atoms with van der Waals surface area (Å²) in [7, 11) is 0. The predicted molar refractivity (Wildman–Crippen MR) is 134 cm³/mol. The Labute approximate surface area is 218 Å². The van der Waals surface area contributed by atoms with Crippen molar-refractivity contribution in [3.63, 3.8) is 0 Å². The maximum Gasteiger partial charge on any atom is 0.416 e. The Morgan fingerprint density at radius 1 is 1.05 bits per heavy atom. The fourth-order valence-electron chi connectivity index (χ4n) is 5.17. The summed E-state index contributed by atoms with van der Waals surface area (Å²) in [6, 6.07) is 5.08. The van der Waals surface area contributed by atoms with E-state index in [1.807, 2.05) is 9.80 Å². The molecule has 0 spiro atoms. The third-order valence-corrected chi connectivity index (χ3v) is 6.99. The van der Waals surface area contributed by atoms with Crippen LogP contribution in [0.15, 0.2) is 29.3 Å². The number of nitrogens with zero attached hydrogens (tertiary/aromatic N) is 5. The number of aromatic nitrogens is 2. The summed E-state index contributed by atoms with van der Waals surface area (Å²) < 4.78 is 57.6. The van der Waals surface area contributed by atoms with E-state index >= 15 is 0 Å². The SMILES string of the molecule is CCOC(=O)C1C(C)=Nc2nc(N3CCOCC3)nc(N3CCOCC3)c2C1c1cccc(C(F)(F)F)c1. The first-order chi connectivity index (χ1) is 18.3. The number of fused-ring (bicyclic) bond motifs is 1. The maximum absolute atomic E-state index is 13.7. The molecule has 1 aromatic heterocycles. The summed E-state index contributed by atoms with van der Waals surface area (Å²) in [4.78, 5) is 31.7. The average Bonchev–Trinajstić information content (AvgIpc) is 2.92. The van der Waals surface area contributed by atoms with Crippen LogP contribution in [0.4, 0.5) is 30.8 Å². The fraction of sp³-hybridized carbons (Fsp3) is 0.538. The fourth-order valence-corrected chi connectivity index (χ4v) is 5.17. The molecule has 2 aromatic rings.